The molecule has 0 radical (unpaired) electrons. The Kier molecular flexibility index (Phi) is 5.65. The number of ether oxygens (including phenoxy) is 1. The lowest BCUT2D eigenvalue weighted by atomic mass is 9.86. The molecule has 3 nitrogen and oxygen atoms in total. The summed E-state index contributed by atoms with van der Waals surface area (Å²) in [4.78, 5) is 2.41. The van der Waals surface area contributed by atoms with Crippen LogP contribution in [0.1, 0.15) is 38.7 Å². The molecule has 1 saturated carbocycles. The minimum atomic E-state index is 0.333. The van der Waals surface area contributed by atoms with Crippen LogP contribution in [0.25, 0.3) is 0 Å². The number of benzene rings is 1. The van der Waals surface area contributed by atoms with Crippen LogP contribution in [0.5, 0.6) is 5.75 Å². The third-order valence-corrected chi connectivity index (χ3v) is 4.53. The Balaban J connectivity index is 1.90. The lowest BCUT2D eigenvalue weighted by molar-refractivity contribution is 0.173. The zero-order valence-electron chi connectivity index (χ0n) is 14.0. The summed E-state index contributed by atoms with van der Waals surface area (Å²) in [5.74, 6) is 0.985. The molecule has 1 fully saturated rings. The van der Waals surface area contributed by atoms with Crippen molar-refractivity contribution in [2.24, 2.45) is 5.41 Å². The lowest BCUT2D eigenvalue weighted by Crippen LogP contribution is -2.41. The second-order valence-electron chi connectivity index (χ2n) is 6.80. The minimum absolute atomic E-state index is 0.333. The molecule has 1 N–H and O–H groups in total. The highest BCUT2D eigenvalue weighted by Gasteiger charge is 2.28. The Bertz CT molecular complexity index is 445. The van der Waals surface area contributed by atoms with Gasteiger partial charge in [0.05, 0.1) is 7.11 Å². The van der Waals surface area contributed by atoms with Crippen LogP contribution >= 0.6 is 0 Å². The molecule has 0 amide bonds. The van der Waals surface area contributed by atoms with Crippen molar-refractivity contribution < 1.29 is 4.74 Å². The van der Waals surface area contributed by atoms with E-state index in [9.17, 15) is 0 Å². The number of methoxy groups -OCH3 is 1. The van der Waals surface area contributed by atoms with Crippen LogP contribution < -0.4 is 10.1 Å². The molecular weight excluding hydrogens is 260 g/mol. The van der Waals surface area contributed by atoms with Crippen molar-refractivity contribution in [3.05, 3.63) is 29.8 Å². The summed E-state index contributed by atoms with van der Waals surface area (Å²) in [7, 11) is 3.95. The van der Waals surface area contributed by atoms with Crippen LogP contribution in [0.15, 0.2) is 24.3 Å². The summed E-state index contributed by atoms with van der Waals surface area (Å²) in [5, 5.41) is 3.69. The van der Waals surface area contributed by atoms with Gasteiger partial charge in [-0.2, -0.15) is 0 Å². The normalized spacial score (nSPS) is 17.8. The molecule has 0 saturated heterocycles. The second kappa shape index (κ2) is 7.28. The Hall–Kier alpha value is -1.06. The highest BCUT2D eigenvalue weighted by atomic mass is 16.5. The van der Waals surface area contributed by atoms with Crippen LogP contribution in [0.3, 0.4) is 0 Å². The van der Waals surface area contributed by atoms with Gasteiger partial charge in [-0.1, -0.05) is 32.0 Å². The average molecular weight is 290 g/mol. The summed E-state index contributed by atoms with van der Waals surface area (Å²) in [5.41, 5.74) is 1.59. The molecule has 1 unspecified atom stereocenters. The molecule has 0 heterocycles. The summed E-state index contributed by atoms with van der Waals surface area (Å²) in [6, 6.07) is 9.09. The van der Waals surface area contributed by atoms with E-state index >= 15 is 0 Å². The van der Waals surface area contributed by atoms with Crippen LogP contribution in [0.4, 0.5) is 0 Å². The number of para-hydroxylation sites is 1. The first-order valence-corrected chi connectivity index (χ1v) is 8.10. The smallest absolute Gasteiger partial charge is 0.123 e. The molecule has 0 aliphatic heterocycles. The molecule has 118 valence electrons. The van der Waals surface area contributed by atoms with Crippen molar-refractivity contribution in [2.45, 2.75) is 45.7 Å². The zero-order valence-corrected chi connectivity index (χ0v) is 14.0. The fraction of sp³-hybridized carbons (Fsp3) is 0.667. The SMILES string of the molecule is CCC(C)(CNC1CC1)CN(C)Cc1ccccc1OC. The second-order valence-corrected chi connectivity index (χ2v) is 6.80. The van der Waals surface area contributed by atoms with Crippen molar-refractivity contribution in [3.63, 3.8) is 0 Å². The first kappa shape index (κ1) is 16.3. The number of nitrogens with zero attached hydrogens (tertiary/aromatic N) is 1. The van der Waals surface area contributed by atoms with Crippen LogP contribution in [-0.4, -0.2) is 38.2 Å². The minimum Gasteiger partial charge on any atom is -0.496 e. The lowest BCUT2D eigenvalue weighted by Gasteiger charge is -2.33. The van der Waals surface area contributed by atoms with Gasteiger partial charge < -0.3 is 15.0 Å². The predicted octanol–water partition coefficient (Wildman–Crippen LogP) is 3.30. The summed E-state index contributed by atoms with van der Waals surface area (Å²) < 4.78 is 5.45. The quantitative estimate of drug-likeness (QED) is 0.755. The molecule has 0 bridgehead atoms. The van der Waals surface area contributed by atoms with Gasteiger partial charge in [0.2, 0.25) is 0 Å². The molecule has 21 heavy (non-hydrogen) atoms. The number of hydrogen-bond donors (Lipinski definition) is 1. The standard InChI is InChI=1S/C18H30N2O/c1-5-18(2,13-19-16-10-11-16)14-20(3)12-15-8-6-7-9-17(15)21-4/h6-9,16,19H,5,10-14H2,1-4H3. The molecule has 1 aliphatic rings. The molecule has 0 spiro atoms. The first-order chi connectivity index (χ1) is 10.1. The maximum Gasteiger partial charge on any atom is 0.123 e. The van der Waals surface area contributed by atoms with Gasteiger partial charge in [-0.15, -0.1) is 0 Å². The summed E-state index contributed by atoms with van der Waals surface area (Å²) in [6.45, 7) is 7.83. The summed E-state index contributed by atoms with van der Waals surface area (Å²) >= 11 is 0. The highest BCUT2D eigenvalue weighted by Crippen LogP contribution is 2.26. The number of hydrogen-bond acceptors (Lipinski definition) is 3. The monoisotopic (exact) mass is 290 g/mol. The number of nitrogens with one attached hydrogen (secondary N) is 1. The van der Waals surface area contributed by atoms with Gasteiger partial charge in [0, 0.05) is 31.2 Å². The maximum atomic E-state index is 5.45. The Morgan fingerprint density at radius 3 is 2.67 bits per heavy atom. The molecule has 1 aromatic carbocycles. The highest BCUT2D eigenvalue weighted by molar-refractivity contribution is 5.33. The number of rotatable bonds is 9. The third-order valence-electron chi connectivity index (χ3n) is 4.53. The van der Waals surface area contributed by atoms with Gasteiger partial charge in [-0.25, -0.2) is 0 Å². The first-order valence-electron chi connectivity index (χ1n) is 8.10. The molecule has 0 aromatic heterocycles. The van der Waals surface area contributed by atoms with Crippen LogP contribution in [-0.2, 0) is 6.54 Å². The molecule has 3 heteroatoms. The van der Waals surface area contributed by atoms with E-state index in [2.05, 4.69) is 43.2 Å². The average Bonchev–Trinajstić information content (AvgIpc) is 3.30. The van der Waals surface area contributed by atoms with E-state index < -0.39 is 0 Å². The van der Waals surface area contributed by atoms with E-state index in [4.69, 9.17) is 4.74 Å². The molecule has 2 rings (SSSR count). The van der Waals surface area contributed by atoms with Gasteiger partial charge in [0.15, 0.2) is 0 Å². The van der Waals surface area contributed by atoms with Crippen LogP contribution in [0.2, 0.25) is 0 Å². The Morgan fingerprint density at radius 2 is 2.05 bits per heavy atom. The van der Waals surface area contributed by atoms with Gasteiger partial charge in [0.25, 0.3) is 0 Å². The van der Waals surface area contributed by atoms with Crippen molar-refractivity contribution in [3.8, 4) is 5.75 Å². The molecule has 1 atom stereocenters. The van der Waals surface area contributed by atoms with E-state index in [0.717, 1.165) is 31.4 Å². The molecular formula is C18H30N2O. The topological polar surface area (TPSA) is 24.5 Å². The van der Waals surface area contributed by atoms with Gasteiger partial charge >= 0.3 is 0 Å². The van der Waals surface area contributed by atoms with E-state index in [1.165, 1.54) is 24.8 Å². The van der Waals surface area contributed by atoms with Crippen LogP contribution in [0, 0.1) is 5.41 Å². The summed E-state index contributed by atoms with van der Waals surface area (Å²) in [6.07, 6.45) is 3.91. The van der Waals surface area contributed by atoms with E-state index in [1.54, 1.807) is 7.11 Å². The molecule has 1 aliphatic carbocycles. The van der Waals surface area contributed by atoms with Crippen molar-refractivity contribution >= 4 is 0 Å². The fourth-order valence-corrected chi connectivity index (χ4v) is 2.80. The van der Waals surface area contributed by atoms with Gasteiger partial charge in [-0.05, 0) is 37.8 Å². The van der Waals surface area contributed by atoms with Crippen molar-refractivity contribution in [2.75, 3.05) is 27.2 Å². The predicted molar refractivity (Wildman–Crippen MR) is 88.8 cm³/mol. The fourth-order valence-electron chi connectivity index (χ4n) is 2.80. The third kappa shape index (κ3) is 5.01. The van der Waals surface area contributed by atoms with E-state index in [-0.39, 0.29) is 0 Å². The largest absolute Gasteiger partial charge is 0.496 e. The van der Waals surface area contributed by atoms with E-state index in [1.807, 2.05) is 12.1 Å². The van der Waals surface area contributed by atoms with Gasteiger partial charge in [-0.3, -0.25) is 0 Å². The zero-order chi connectivity index (χ0) is 15.3. The van der Waals surface area contributed by atoms with E-state index in [0.29, 0.717) is 5.41 Å². The Labute approximate surface area is 129 Å². The van der Waals surface area contributed by atoms with Crippen molar-refractivity contribution in [1.82, 2.24) is 10.2 Å². The van der Waals surface area contributed by atoms with Gasteiger partial charge in [0.1, 0.15) is 5.75 Å². The maximum absolute atomic E-state index is 5.45. The van der Waals surface area contributed by atoms with Crippen molar-refractivity contribution in [1.29, 1.82) is 0 Å². The Morgan fingerprint density at radius 1 is 1.33 bits per heavy atom. The molecule has 1 aromatic rings.